The molecule has 0 radical (unpaired) electrons. The van der Waals surface area contributed by atoms with Crippen molar-refractivity contribution < 1.29 is 9.47 Å². The van der Waals surface area contributed by atoms with Crippen LogP contribution in [0.1, 0.15) is 25.7 Å². The number of rotatable bonds is 3. The van der Waals surface area contributed by atoms with Crippen molar-refractivity contribution >= 4 is 5.69 Å². The van der Waals surface area contributed by atoms with Gasteiger partial charge in [0.25, 0.3) is 0 Å². The molecule has 4 heteroatoms. The van der Waals surface area contributed by atoms with Gasteiger partial charge in [-0.25, -0.2) is 0 Å². The number of piperidine rings is 1. The second kappa shape index (κ2) is 4.93. The Morgan fingerprint density at radius 2 is 1.79 bits per heavy atom. The third-order valence-corrected chi connectivity index (χ3v) is 4.43. The maximum atomic E-state index is 6.14. The number of hydrogen-bond acceptors (Lipinski definition) is 4. The van der Waals surface area contributed by atoms with Gasteiger partial charge in [0, 0.05) is 24.2 Å². The van der Waals surface area contributed by atoms with Gasteiger partial charge in [-0.05, 0) is 37.8 Å². The van der Waals surface area contributed by atoms with Crippen LogP contribution in [0.3, 0.4) is 0 Å². The van der Waals surface area contributed by atoms with Crippen LogP contribution in [0.2, 0.25) is 0 Å². The smallest absolute Gasteiger partial charge is 0.142 e. The normalized spacial score (nSPS) is 29.4. The summed E-state index contributed by atoms with van der Waals surface area (Å²) >= 11 is 0. The van der Waals surface area contributed by atoms with Crippen molar-refractivity contribution in [2.24, 2.45) is 5.73 Å². The molecule has 104 valence electrons. The topological polar surface area (TPSA) is 47.7 Å². The summed E-state index contributed by atoms with van der Waals surface area (Å²) in [6, 6.07) is 7.47. The monoisotopic (exact) mass is 262 g/mol. The molecule has 19 heavy (non-hydrogen) atoms. The number of nitrogens with two attached hydrogens (primary N) is 1. The van der Waals surface area contributed by atoms with Crippen molar-refractivity contribution in [2.45, 2.75) is 43.8 Å². The number of anilines is 1. The van der Waals surface area contributed by atoms with Crippen LogP contribution in [0.4, 0.5) is 5.69 Å². The van der Waals surface area contributed by atoms with Gasteiger partial charge < -0.3 is 20.1 Å². The van der Waals surface area contributed by atoms with Crippen LogP contribution in [-0.4, -0.2) is 32.3 Å². The summed E-state index contributed by atoms with van der Waals surface area (Å²) in [5.74, 6) is 1.80. The largest absolute Gasteiger partial charge is 0.497 e. The van der Waals surface area contributed by atoms with Crippen LogP contribution >= 0.6 is 0 Å². The first-order valence-electron chi connectivity index (χ1n) is 6.99. The van der Waals surface area contributed by atoms with Crippen LogP contribution in [0.25, 0.3) is 0 Å². The Hall–Kier alpha value is -1.42. The lowest BCUT2D eigenvalue weighted by Gasteiger charge is -2.40. The summed E-state index contributed by atoms with van der Waals surface area (Å²) in [7, 11) is 3.43. The molecule has 2 atom stereocenters. The molecule has 2 aliphatic heterocycles. The van der Waals surface area contributed by atoms with Crippen LogP contribution in [0.5, 0.6) is 11.5 Å². The molecule has 0 aliphatic carbocycles. The lowest BCUT2D eigenvalue weighted by atomic mass is 9.97. The molecular formula is C15H22N2O2. The quantitative estimate of drug-likeness (QED) is 0.907. The summed E-state index contributed by atoms with van der Waals surface area (Å²) in [4.78, 5) is 2.50. The minimum atomic E-state index is 0.352. The average Bonchev–Trinajstić information content (AvgIpc) is 2.70. The summed E-state index contributed by atoms with van der Waals surface area (Å²) < 4.78 is 10.9. The molecule has 0 saturated carbocycles. The highest BCUT2D eigenvalue weighted by Crippen LogP contribution is 2.43. The summed E-state index contributed by atoms with van der Waals surface area (Å²) in [6.07, 6.45) is 4.63. The number of hydrogen-bond donors (Lipinski definition) is 1. The van der Waals surface area contributed by atoms with Gasteiger partial charge in [-0.2, -0.15) is 0 Å². The van der Waals surface area contributed by atoms with Crippen molar-refractivity contribution in [1.29, 1.82) is 0 Å². The van der Waals surface area contributed by atoms with Crippen molar-refractivity contribution in [3.8, 4) is 11.5 Å². The first kappa shape index (κ1) is 12.6. The molecule has 2 aliphatic rings. The van der Waals surface area contributed by atoms with E-state index in [1.165, 1.54) is 12.8 Å². The van der Waals surface area contributed by atoms with Crippen LogP contribution < -0.4 is 20.1 Å². The number of ether oxygens (including phenoxy) is 2. The molecule has 2 unspecified atom stereocenters. The van der Waals surface area contributed by atoms with Crippen LogP contribution in [0, 0.1) is 0 Å². The molecule has 1 aromatic rings. The predicted octanol–water partition coefficient (Wildman–Crippen LogP) is 2.16. The molecule has 4 nitrogen and oxygen atoms in total. The molecular weight excluding hydrogens is 240 g/mol. The third-order valence-electron chi connectivity index (χ3n) is 4.43. The second-order valence-corrected chi connectivity index (χ2v) is 5.56. The lowest BCUT2D eigenvalue weighted by molar-refractivity contribution is 0.385. The van der Waals surface area contributed by atoms with E-state index in [9.17, 15) is 0 Å². The molecule has 2 N–H and O–H groups in total. The molecule has 1 aromatic carbocycles. The summed E-state index contributed by atoms with van der Waals surface area (Å²) in [6.45, 7) is 0. The molecule has 2 saturated heterocycles. The molecule has 0 spiro atoms. The Balaban J connectivity index is 1.97. The SMILES string of the molecule is COc1ccc(OC)c(N2C3CCC2CC(N)C3)c1. The predicted molar refractivity (Wildman–Crippen MR) is 76.0 cm³/mol. The number of nitrogens with zero attached hydrogens (tertiary/aromatic N) is 1. The Morgan fingerprint density at radius 3 is 2.37 bits per heavy atom. The third kappa shape index (κ3) is 2.14. The van der Waals surface area contributed by atoms with Crippen LogP contribution in [0.15, 0.2) is 18.2 Å². The van der Waals surface area contributed by atoms with Crippen molar-refractivity contribution in [3.05, 3.63) is 18.2 Å². The minimum absolute atomic E-state index is 0.352. The van der Waals surface area contributed by atoms with Crippen LogP contribution in [-0.2, 0) is 0 Å². The van der Waals surface area contributed by atoms with Gasteiger partial charge >= 0.3 is 0 Å². The highest BCUT2D eigenvalue weighted by molar-refractivity contribution is 5.64. The molecule has 0 aromatic heterocycles. The summed E-state index contributed by atoms with van der Waals surface area (Å²) in [5.41, 5.74) is 7.29. The zero-order valence-corrected chi connectivity index (χ0v) is 11.6. The maximum absolute atomic E-state index is 6.14. The maximum Gasteiger partial charge on any atom is 0.142 e. The molecule has 2 heterocycles. The van der Waals surface area contributed by atoms with E-state index < -0.39 is 0 Å². The molecule has 2 fully saturated rings. The van der Waals surface area contributed by atoms with Gasteiger partial charge in [-0.3, -0.25) is 0 Å². The fourth-order valence-corrected chi connectivity index (χ4v) is 3.61. The Labute approximate surface area is 114 Å². The number of methoxy groups -OCH3 is 2. The molecule has 0 amide bonds. The van der Waals surface area contributed by atoms with E-state index in [2.05, 4.69) is 11.0 Å². The van der Waals surface area contributed by atoms with Gasteiger partial charge in [0.05, 0.1) is 19.9 Å². The Morgan fingerprint density at radius 1 is 1.11 bits per heavy atom. The van der Waals surface area contributed by atoms with Gasteiger partial charge in [0.1, 0.15) is 11.5 Å². The molecule has 3 rings (SSSR count). The van der Waals surface area contributed by atoms with E-state index in [0.717, 1.165) is 30.0 Å². The zero-order chi connectivity index (χ0) is 13.4. The van der Waals surface area contributed by atoms with E-state index in [0.29, 0.717) is 18.1 Å². The van der Waals surface area contributed by atoms with E-state index in [-0.39, 0.29) is 0 Å². The van der Waals surface area contributed by atoms with E-state index in [4.69, 9.17) is 15.2 Å². The van der Waals surface area contributed by atoms with Crippen molar-refractivity contribution in [2.75, 3.05) is 19.1 Å². The first-order chi connectivity index (χ1) is 9.22. The fraction of sp³-hybridized carbons (Fsp3) is 0.600. The van der Waals surface area contributed by atoms with E-state index >= 15 is 0 Å². The number of benzene rings is 1. The average molecular weight is 262 g/mol. The fourth-order valence-electron chi connectivity index (χ4n) is 3.61. The standard InChI is InChI=1S/C15H22N2O2/c1-18-13-5-6-15(19-2)14(9-13)17-11-3-4-12(17)8-10(16)7-11/h5-6,9-12H,3-4,7-8,16H2,1-2H3. The zero-order valence-electron chi connectivity index (χ0n) is 11.6. The summed E-state index contributed by atoms with van der Waals surface area (Å²) in [5, 5.41) is 0. The minimum Gasteiger partial charge on any atom is -0.497 e. The van der Waals surface area contributed by atoms with Crippen molar-refractivity contribution in [3.63, 3.8) is 0 Å². The highest BCUT2D eigenvalue weighted by atomic mass is 16.5. The molecule has 2 bridgehead atoms. The Bertz CT molecular complexity index is 449. The van der Waals surface area contributed by atoms with Gasteiger partial charge in [0.2, 0.25) is 0 Å². The first-order valence-corrected chi connectivity index (χ1v) is 6.99. The highest BCUT2D eigenvalue weighted by Gasteiger charge is 2.40. The van der Waals surface area contributed by atoms with Gasteiger partial charge in [-0.15, -0.1) is 0 Å². The van der Waals surface area contributed by atoms with Crippen molar-refractivity contribution in [1.82, 2.24) is 0 Å². The van der Waals surface area contributed by atoms with E-state index in [1.807, 2.05) is 12.1 Å². The van der Waals surface area contributed by atoms with E-state index in [1.54, 1.807) is 14.2 Å². The lowest BCUT2D eigenvalue weighted by Crippen LogP contribution is -2.47. The Kier molecular flexibility index (Phi) is 3.27. The number of fused-ring (bicyclic) bond motifs is 2. The van der Waals surface area contributed by atoms with Gasteiger partial charge in [0.15, 0.2) is 0 Å². The van der Waals surface area contributed by atoms with Gasteiger partial charge in [-0.1, -0.05) is 0 Å². The second-order valence-electron chi connectivity index (χ2n) is 5.56.